The summed E-state index contributed by atoms with van der Waals surface area (Å²) in [5.74, 6) is 0.0325. The normalized spacial score (nSPS) is 11.0. The number of nitrogens with two attached hydrogens (primary N) is 1. The van der Waals surface area contributed by atoms with Crippen LogP contribution in [0.25, 0.3) is 10.1 Å². The number of hydrogen-bond donors (Lipinski definition) is 1. The lowest BCUT2D eigenvalue weighted by atomic mass is 10.2. The van der Waals surface area contributed by atoms with E-state index in [9.17, 15) is 4.79 Å². The average Bonchev–Trinajstić information content (AvgIpc) is 2.72. The van der Waals surface area contributed by atoms with Gasteiger partial charge in [-0.15, -0.1) is 11.3 Å². The van der Waals surface area contributed by atoms with Gasteiger partial charge in [0.05, 0.1) is 5.69 Å². The molecule has 0 aliphatic heterocycles. The maximum atomic E-state index is 12.6. The number of carbonyl (C=O) groups excluding carboxylic acids is 1. The Kier molecular flexibility index (Phi) is 4.28. The molecule has 0 saturated carbocycles. The van der Waals surface area contributed by atoms with Crippen LogP contribution in [-0.4, -0.2) is 28.9 Å². The fourth-order valence-corrected chi connectivity index (χ4v) is 3.69. The standard InChI is InChI=1S/C15H21N3OS/c1-5-7-18(6-2)15(19)14-13(16)12-10(4)17-9(3)8-11(12)20-14/h8H,5-7,16H2,1-4H3. The van der Waals surface area contributed by atoms with Crippen LogP contribution in [0.3, 0.4) is 0 Å². The van der Waals surface area contributed by atoms with Gasteiger partial charge in [-0.1, -0.05) is 6.92 Å². The maximum absolute atomic E-state index is 12.6. The lowest BCUT2D eigenvalue weighted by molar-refractivity contribution is 0.0770. The van der Waals surface area contributed by atoms with Crippen LogP contribution in [-0.2, 0) is 0 Å². The number of nitrogen functional groups attached to an aromatic ring is 1. The molecule has 108 valence electrons. The second-order valence-electron chi connectivity index (χ2n) is 4.95. The third-order valence-corrected chi connectivity index (χ3v) is 4.52. The van der Waals surface area contributed by atoms with Crippen LogP contribution in [0, 0.1) is 13.8 Å². The molecule has 5 heteroatoms. The topological polar surface area (TPSA) is 59.2 Å². The number of aryl methyl sites for hydroxylation is 2. The van der Waals surface area contributed by atoms with Gasteiger partial charge in [0, 0.05) is 34.6 Å². The smallest absolute Gasteiger partial charge is 0.266 e. The summed E-state index contributed by atoms with van der Waals surface area (Å²) in [5, 5.41) is 0.927. The Balaban J connectivity index is 2.53. The molecule has 0 aromatic carbocycles. The maximum Gasteiger partial charge on any atom is 0.266 e. The van der Waals surface area contributed by atoms with Crippen molar-refractivity contribution in [3.8, 4) is 0 Å². The third-order valence-electron chi connectivity index (χ3n) is 3.37. The summed E-state index contributed by atoms with van der Waals surface area (Å²) in [6.45, 7) is 9.43. The van der Waals surface area contributed by atoms with E-state index in [1.54, 1.807) is 0 Å². The highest BCUT2D eigenvalue weighted by Crippen LogP contribution is 2.36. The zero-order chi connectivity index (χ0) is 14.9. The molecule has 2 rings (SSSR count). The van der Waals surface area contributed by atoms with Crippen LogP contribution in [0.15, 0.2) is 6.07 Å². The van der Waals surface area contributed by atoms with Crippen molar-refractivity contribution < 1.29 is 4.79 Å². The van der Waals surface area contributed by atoms with Crippen molar-refractivity contribution in [2.45, 2.75) is 34.1 Å². The quantitative estimate of drug-likeness (QED) is 0.939. The molecular formula is C15H21N3OS. The van der Waals surface area contributed by atoms with Gasteiger partial charge >= 0.3 is 0 Å². The Morgan fingerprint density at radius 3 is 2.70 bits per heavy atom. The number of fused-ring (bicyclic) bond motifs is 1. The summed E-state index contributed by atoms with van der Waals surface area (Å²) in [4.78, 5) is 19.5. The Morgan fingerprint density at radius 2 is 2.10 bits per heavy atom. The largest absolute Gasteiger partial charge is 0.397 e. The molecule has 20 heavy (non-hydrogen) atoms. The lowest BCUT2D eigenvalue weighted by Crippen LogP contribution is -2.31. The van der Waals surface area contributed by atoms with Gasteiger partial charge in [-0.2, -0.15) is 0 Å². The monoisotopic (exact) mass is 291 g/mol. The predicted octanol–water partition coefficient (Wildman–Crippen LogP) is 3.37. The van der Waals surface area contributed by atoms with E-state index in [1.807, 2.05) is 31.7 Å². The van der Waals surface area contributed by atoms with E-state index < -0.39 is 0 Å². The predicted molar refractivity (Wildman–Crippen MR) is 85.4 cm³/mol. The summed E-state index contributed by atoms with van der Waals surface area (Å²) in [7, 11) is 0. The van der Waals surface area contributed by atoms with Crippen LogP contribution in [0.4, 0.5) is 5.69 Å². The number of aromatic nitrogens is 1. The Morgan fingerprint density at radius 1 is 1.40 bits per heavy atom. The molecule has 2 aromatic rings. The van der Waals surface area contributed by atoms with E-state index in [1.165, 1.54) is 11.3 Å². The molecule has 2 N–H and O–H groups in total. The number of anilines is 1. The molecule has 0 aliphatic carbocycles. The van der Waals surface area contributed by atoms with Crippen molar-refractivity contribution in [3.63, 3.8) is 0 Å². The van der Waals surface area contributed by atoms with Crippen molar-refractivity contribution in [3.05, 3.63) is 22.3 Å². The van der Waals surface area contributed by atoms with E-state index in [0.717, 1.165) is 34.4 Å². The number of pyridine rings is 1. The molecule has 0 spiro atoms. The summed E-state index contributed by atoms with van der Waals surface area (Å²) in [5.41, 5.74) is 8.63. The first-order valence-corrected chi connectivity index (χ1v) is 7.76. The van der Waals surface area contributed by atoms with Crippen molar-refractivity contribution >= 4 is 33.0 Å². The molecule has 0 atom stereocenters. The van der Waals surface area contributed by atoms with Crippen molar-refractivity contribution in [2.75, 3.05) is 18.8 Å². The van der Waals surface area contributed by atoms with Gasteiger partial charge in [-0.3, -0.25) is 9.78 Å². The second-order valence-corrected chi connectivity index (χ2v) is 6.00. The highest BCUT2D eigenvalue weighted by molar-refractivity contribution is 7.21. The lowest BCUT2D eigenvalue weighted by Gasteiger charge is -2.19. The minimum atomic E-state index is 0.0325. The number of nitrogens with zero attached hydrogens (tertiary/aromatic N) is 2. The highest BCUT2D eigenvalue weighted by atomic mass is 32.1. The van der Waals surface area contributed by atoms with Crippen LogP contribution in [0.5, 0.6) is 0 Å². The number of rotatable bonds is 4. The first-order valence-electron chi connectivity index (χ1n) is 6.95. The average molecular weight is 291 g/mol. The molecule has 2 aromatic heterocycles. The number of amides is 1. The summed E-state index contributed by atoms with van der Waals surface area (Å²) in [6.07, 6.45) is 0.948. The molecule has 2 heterocycles. The Labute approximate surface area is 123 Å². The van der Waals surface area contributed by atoms with Gasteiger partial charge in [0.25, 0.3) is 5.91 Å². The number of hydrogen-bond acceptors (Lipinski definition) is 4. The van der Waals surface area contributed by atoms with E-state index in [-0.39, 0.29) is 5.91 Å². The highest BCUT2D eigenvalue weighted by Gasteiger charge is 2.22. The molecule has 0 fully saturated rings. The van der Waals surface area contributed by atoms with Gasteiger partial charge in [-0.05, 0) is 33.3 Å². The minimum absolute atomic E-state index is 0.0325. The van der Waals surface area contributed by atoms with Crippen molar-refractivity contribution in [1.29, 1.82) is 0 Å². The van der Waals surface area contributed by atoms with Crippen LogP contribution in [0.2, 0.25) is 0 Å². The zero-order valence-electron chi connectivity index (χ0n) is 12.5. The molecule has 0 unspecified atom stereocenters. The fourth-order valence-electron chi connectivity index (χ4n) is 2.46. The second kappa shape index (κ2) is 5.79. The van der Waals surface area contributed by atoms with Gasteiger partial charge in [0.1, 0.15) is 4.88 Å². The van der Waals surface area contributed by atoms with E-state index in [2.05, 4.69) is 11.9 Å². The molecule has 4 nitrogen and oxygen atoms in total. The summed E-state index contributed by atoms with van der Waals surface area (Å²) < 4.78 is 1.04. The molecule has 1 amide bonds. The van der Waals surface area contributed by atoms with Gasteiger partial charge in [0.15, 0.2) is 0 Å². The number of carbonyl (C=O) groups is 1. The number of thiophene rings is 1. The fraction of sp³-hybridized carbons (Fsp3) is 0.467. The minimum Gasteiger partial charge on any atom is -0.397 e. The van der Waals surface area contributed by atoms with Crippen LogP contribution < -0.4 is 5.73 Å². The van der Waals surface area contributed by atoms with E-state index in [4.69, 9.17) is 5.73 Å². The van der Waals surface area contributed by atoms with Gasteiger partial charge < -0.3 is 10.6 Å². The first kappa shape index (κ1) is 14.8. The Hall–Kier alpha value is -1.62. The SMILES string of the molecule is CCCN(CC)C(=O)c1sc2cc(C)nc(C)c2c1N. The molecule has 0 radical (unpaired) electrons. The van der Waals surface area contributed by atoms with Crippen LogP contribution >= 0.6 is 11.3 Å². The van der Waals surface area contributed by atoms with E-state index in [0.29, 0.717) is 17.1 Å². The van der Waals surface area contributed by atoms with Crippen molar-refractivity contribution in [2.24, 2.45) is 0 Å². The molecule has 0 saturated heterocycles. The zero-order valence-corrected chi connectivity index (χ0v) is 13.3. The van der Waals surface area contributed by atoms with Crippen LogP contribution in [0.1, 0.15) is 41.3 Å². The third kappa shape index (κ3) is 2.50. The first-order chi connectivity index (χ1) is 9.49. The van der Waals surface area contributed by atoms with Gasteiger partial charge in [0.2, 0.25) is 0 Å². The van der Waals surface area contributed by atoms with E-state index >= 15 is 0 Å². The summed E-state index contributed by atoms with van der Waals surface area (Å²) >= 11 is 1.47. The van der Waals surface area contributed by atoms with Gasteiger partial charge in [-0.25, -0.2) is 0 Å². The molecule has 0 bridgehead atoms. The van der Waals surface area contributed by atoms with Crippen molar-refractivity contribution in [1.82, 2.24) is 9.88 Å². The Bertz CT molecular complexity index is 648. The summed E-state index contributed by atoms with van der Waals surface area (Å²) in [6, 6.07) is 2.00. The molecular weight excluding hydrogens is 270 g/mol. The molecule has 0 aliphatic rings.